The summed E-state index contributed by atoms with van der Waals surface area (Å²) in [6.45, 7) is 0. The van der Waals surface area contributed by atoms with E-state index in [-0.39, 0.29) is 22.6 Å². The van der Waals surface area contributed by atoms with Gasteiger partial charge in [0.2, 0.25) is 0 Å². The molecule has 2 aromatic rings. The molecule has 0 saturated carbocycles. The molecule has 0 fully saturated rings. The Balaban J connectivity index is 1.76. The molecule has 3 atom stereocenters. The zero-order chi connectivity index (χ0) is 16.8. The molecule has 122 valence electrons. The molecule has 4 nitrogen and oxygen atoms in total. The number of anilines is 1. The van der Waals surface area contributed by atoms with E-state index in [0.717, 1.165) is 23.2 Å². The highest BCUT2D eigenvalue weighted by Gasteiger charge is 2.39. The molecule has 4 rings (SSSR count). The van der Waals surface area contributed by atoms with Crippen LogP contribution in [0.3, 0.4) is 0 Å². The van der Waals surface area contributed by atoms with E-state index < -0.39 is 0 Å². The topological polar surface area (TPSA) is 55.2 Å². The quantitative estimate of drug-likeness (QED) is 0.422. The standard InChI is InChI=1S/C18H14Cl2N2O2/c19-11-8-15(20)17-13-2-1-3-14(13)18(21-16(17)9-11)10-4-6-12(7-5-10)22(23)24/h1-2,4-9,13-14,18,21H,3H2/t13-,14-,18+/m0/s1. The van der Waals surface area contributed by atoms with Crippen molar-refractivity contribution in [2.45, 2.75) is 18.4 Å². The zero-order valence-electron chi connectivity index (χ0n) is 12.6. The molecule has 0 spiro atoms. The van der Waals surface area contributed by atoms with Crippen molar-refractivity contribution >= 4 is 34.6 Å². The van der Waals surface area contributed by atoms with Crippen LogP contribution in [-0.2, 0) is 0 Å². The van der Waals surface area contributed by atoms with E-state index in [1.165, 1.54) is 0 Å². The Kier molecular flexibility index (Phi) is 3.74. The number of rotatable bonds is 2. The van der Waals surface area contributed by atoms with Crippen LogP contribution >= 0.6 is 23.2 Å². The Bertz CT molecular complexity index is 849. The van der Waals surface area contributed by atoms with Crippen molar-refractivity contribution in [3.63, 3.8) is 0 Å². The lowest BCUT2D eigenvalue weighted by molar-refractivity contribution is -0.384. The van der Waals surface area contributed by atoms with Crippen LogP contribution in [0.15, 0.2) is 48.6 Å². The van der Waals surface area contributed by atoms with Crippen molar-refractivity contribution in [1.82, 2.24) is 0 Å². The van der Waals surface area contributed by atoms with Gasteiger partial charge in [0, 0.05) is 39.3 Å². The van der Waals surface area contributed by atoms with Crippen LogP contribution in [0.2, 0.25) is 10.0 Å². The fourth-order valence-corrected chi connectivity index (χ4v) is 4.40. The number of non-ortho nitro benzene ring substituents is 1. The maximum Gasteiger partial charge on any atom is 0.269 e. The minimum Gasteiger partial charge on any atom is -0.378 e. The van der Waals surface area contributed by atoms with Crippen molar-refractivity contribution in [1.29, 1.82) is 0 Å². The molecular formula is C18H14Cl2N2O2. The van der Waals surface area contributed by atoms with Gasteiger partial charge in [-0.2, -0.15) is 0 Å². The van der Waals surface area contributed by atoms with Gasteiger partial charge in [0.15, 0.2) is 0 Å². The van der Waals surface area contributed by atoms with Crippen LogP contribution in [0.25, 0.3) is 0 Å². The highest BCUT2D eigenvalue weighted by Crippen LogP contribution is 2.52. The first kappa shape index (κ1) is 15.5. The minimum atomic E-state index is -0.382. The number of nitro benzene ring substituents is 1. The van der Waals surface area contributed by atoms with Crippen molar-refractivity contribution < 1.29 is 4.92 Å². The van der Waals surface area contributed by atoms with Crippen molar-refractivity contribution in [2.24, 2.45) is 5.92 Å². The van der Waals surface area contributed by atoms with E-state index in [1.807, 2.05) is 18.2 Å². The molecule has 0 aromatic heterocycles. The molecule has 1 aliphatic carbocycles. The SMILES string of the molecule is O=[N+]([O-])c1ccc([C@H]2Nc3cc(Cl)cc(Cl)c3[C@H]3C=CC[C@@H]32)cc1. The molecule has 0 saturated heterocycles. The van der Waals surface area contributed by atoms with Gasteiger partial charge < -0.3 is 5.32 Å². The smallest absolute Gasteiger partial charge is 0.269 e. The monoisotopic (exact) mass is 360 g/mol. The molecular weight excluding hydrogens is 347 g/mol. The third-order valence-corrected chi connectivity index (χ3v) is 5.37. The average Bonchev–Trinajstić information content (AvgIpc) is 3.02. The number of nitrogens with one attached hydrogen (secondary N) is 1. The first-order valence-corrected chi connectivity index (χ1v) is 8.46. The second-order valence-electron chi connectivity index (χ2n) is 6.17. The van der Waals surface area contributed by atoms with E-state index in [4.69, 9.17) is 23.2 Å². The van der Waals surface area contributed by atoms with Crippen LogP contribution in [0.5, 0.6) is 0 Å². The van der Waals surface area contributed by atoms with Crippen LogP contribution in [0.4, 0.5) is 11.4 Å². The van der Waals surface area contributed by atoms with Gasteiger partial charge in [-0.3, -0.25) is 10.1 Å². The van der Waals surface area contributed by atoms with E-state index >= 15 is 0 Å². The Labute approximate surface area is 149 Å². The molecule has 1 N–H and O–H groups in total. The lowest BCUT2D eigenvalue weighted by atomic mass is 9.77. The number of benzene rings is 2. The van der Waals surface area contributed by atoms with Gasteiger partial charge in [0.25, 0.3) is 5.69 Å². The Morgan fingerprint density at radius 3 is 2.62 bits per heavy atom. The Morgan fingerprint density at radius 2 is 1.92 bits per heavy atom. The molecule has 0 amide bonds. The third-order valence-electron chi connectivity index (χ3n) is 4.84. The molecule has 2 aliphatic rings. The van der Waals surface area contributed by atoms with E-state index in [2.05, 4.69) is 17.5 Å². The van der Waals surface area contributed by atoms with Crippen LogP contribution in [0, 0.1) is 16.0 Å². The summed E-state index contributed by atoms with van der Waals surface area (Å²) in [6.07, 6.45) is 5.32. The van der Waals surface area contributed by atoms with Crippen molar-refractivity contribution in [3.05, 3.63) is 79.8 Å². The summed E-state index contributed by atoms with van der Waals surface area (Å²) in [5, 5.41) is 15.7. The maximum absolute atomic E-state index is 10.9. The third kappa shape index (κ3) is 2.46. The number of nitrogens with zero attached hydrogens (tertiary/aromatic N) is 1. The molecule has 0 unspecified atom stereocenters. The number of allylic oxidation sites excluding steroid dienone is 2. The van der Waals surface area contributed by atoms with E-state index in [9.17, 15) is 10.1 Å². The van der Waals surface area contributed by atoms with Crippen molar-refractivity contribution in [3.8, 4) is 0 Å². The van der Waals surface area contributed by atoms with Gasteiger partial charge in [-0.15, -0.1) is 0 Å². The molecule has 1 heterocycles. The number of fused-ring (bicyclic) bond motifs is 3. The first-order chi connectivity index (χ1) is 11.5. The minimum absolute atomic E-state index is 0.0628. The number of hydrogen-bond donors (Lipinski definition) is 1. The summed E-state index contributed by atoms with van der Waals surface area (Å²) in [5.74, 6) is 0.559. The van der Waals surface area contributed by atoms with Gasteiger partial charge >= 0.3 is 0 Å². The summed E-state index contributed by atoms with van der Waals surface area (Å²) in [4.78, 5) is 10.5. The number of hydrogen-bond acceptors (Lipinski definition) is 3. The lowest BCUT2D eigenvalue weighted by Gasteiger charge is -2.38. The number of halogens is 2. The van der Waals surface area contributed by atoms with Gasteiger partial charge in [0.1, 0.15) is 0 Å². The van der Waals surface area contributed by atoms with E-state index in [0.29, 0.717) is 16.0 Å². The normalized spacial score (nSPS) is 24.2. The zero-order valence-corrected chi connectivity index (χ0v) is 14.1. The summed E-state index contributed by atoms with van der Waals surface area (Å²) in [6, 6.07) is 10.5. The van der Waals surface area contributed by atoms with Crippen molar-refractivity contribution in [2.75, 3.05) is 5.32 Å². The fraction of sp³-hybridized carbons (Fsp3) is 0.222. The van der Waals surface area contributed by atoms with Gasteiger partial charge in [-0.1, -0.05) is 47.5 Å². The maximum atomic E-state index is 10.9. The summed E-state index contributed by atoms with van der Waals surface area (Å²) >= 11 is 12.6. The van der Waals surface area contributed by atoms with Crippen LogP contribution in [0.1, 0.15) is 29.5 Å². The summed E-state index contributed by atoms with van der Waals surface area (Å²) in [5.41, 5.74) is 3.14. The summed E-state index contributed by atoms with van der Waals surface area (Å²) < 4.78 is 0. The molecule has 1 aliphatic heterocycles. The van der Waals surface area contributed by atoms with Crippen LogP contribution in [-0.4, -0.2) is 4.92 Å². The van der Waals surface area contributed by atoms with Gasteiger partial charge in [0.05, 0.1) is 11.0 Å². The Hall–Kier alpha value is -2.04. The average molecular weight is 361 g/mol. The predicted octanol–water partition coefficient (Wildman–Crippen LogP) is 5.73. The molecule has 24 heavy (non-hydrogen) atoms. The predicted molar refractivity (Wildman–Crippen MR) is 95.9 cm³/mol. The summed E-state index contributed by atoms with van der Waals surface area (Å²) in [7, 11) is 0. The van der Waals surface area contributed by atoms with Crippen LogP contribution < -0.4 is 5.32 Å². The molecule has 6 heteroatoms. The number of nitro groups is 1. The molecule has 0 bridgehead atoms. The highest BCUT2D eigenvalue weighted by atomic mass is 35.5. The second kappa shape index (κ2) is 5.80. The second-order valence-corrected chi connectivity index (χ2v) is 7.02. The molecule has 2 aromatic carbocycles. The fourth-order valence-electron chi connectivity index (χ4n) is 3.78. The van der Waals surface area contributed by atoms with Gasteiger partial charge in [-0.05, 0) is 30.0 Å². The molecule has 0 radical (unpaired) electrons. The van der Waals surface area contributed by atoms with E-state index in [1.54, 1.807) is 18.2 Å². The highest BCUT2D eigenvalue weighted by molar-refractivity contribution is 6.35. The largest absolute Gasteiger partial charge is 0.378 e. The lowest BCUT2D eigenvalue weighted by Crippen LogP contribution is -2.29. The van der Waals surface area contributed by atoms with Gasteiger partial charge in [-0.25, -0.2) is 0 Å². The Morgan fingerprint density at radius 1 is 1.17 bits per heavy atom. The first-order valence-electron chi connectivity index (χ1n) is 7.71.